The summed E-state index contributed by atoms with van der Waals surface area (Å²) in [6.07, 6.45) is -2.32. The fraction of sp³-hybridized carbons (Fsp3) is 0.738. The second-order valence-corrected chi connectivity index (χ2v) is 16.9. The summed E-state index contributed by atoms with van der Waals surface area (Å²) in [4.78, 5) is 62.6. The fourth-order valence-corrected chi connectivity index (χ4v) is 9.44. The molecular formula is C42H63FN4O10. The van der Waals surface area contributed by atoms with E-state index in [2.05, 4.69) is 10.3 Å². The Morgan fingerprint density at radius 1 is 1.02 bits per heavy atom. The molecule has 13 atom stereocenters. The number of aromatic nitrogens is 2. The molecule has 3 saturated heterocycles. The van der Waals surface area contributed by atoms with Crippen molar-refractivity contribution in [1.29, 1.82) is 0 Å². The number of aryl methyl sites for hydroxylation is 1. The minimum absolute atomic E-state index is 0.00567. The topological polar surface area (TPSA) is 168 Å². The molecule has 2 aromatic rings. The second-order valence-electron chi connectivity index (χ2n) is 16.9. The first kappa shape index (κ1) is 44.6. The third kappa shape index (κ3) is 8.78. The number of ketones is 2. The van der Waals surface area contributed by atoms with Crippen LogP contribution in [0.1, 0.15) is 94.4 Å². The molecule has 0 radical (unpaired) electrons. The van der Waals surface area contributed by atoms with Gasteiger partial charge in [-0.05, 0) is 78.5 Å². The molecular weight excluding hydrogens is 739 g/mol. The lowest BCUT2D eigenvalue weighted by Gasteiger charge is -2.46. The number of para-hydroxylation sites is 2. The van der Waals surface area contributed by atoms with E-state index in [0.717, 1.165) is 18.0 Å². The number of likely N-dealkylation sites (N-methyl/N-ethyl adjacent to an activating group) is 1. The van der Waals surface area contributed by atoms with E-state index in [0.29, 0.717) is 32.4 Å². The number of carbonyl (C=O) groups is 4. The highest BCUT2D eigenvalue weighted by Crippen LogP contribution is 2.43. The van der Waals surface area contributed by atoms with Crippen molar-refractivity contribution in [3.05, 3.63) is 30.6 Å². The predicted octanol–water partition coefficient (Wildman–Crippen LogP) is 5.16. The van der Waals surface area contributed by atoms with Crippen LogP contribution in [0.2, 0.25) is 0 Å². The molecule has 3 aliphatic rings. The number of halogens is 1. The Hall–Kier alpha value is -3.50. The predicted molar refractivity (Wildman–Crippen MR) is 209 cm³/mol. The Morgan fingerprint density at radius 3 is 2.37 bits per heavy atom. The first-order chi connectivity index (χ1) is 26.8. The maximum Gasteiger partial charge on any atom is 0.410 e. The zero-order chi connectivity index (χ0) is 42.0. The summed E-state index contributed by atoms with van der Waals surface area (Å²) in [5, 5.41) is 14.6. The first-order valence-corrected chi connectivity index (χ1v) is 20.5. The van der Waals surface area contributed by atoms with Crippen LogP contribution in [0, 0.1) is 17.8 Å². The number of hydrogen-bond acceptors (Lipinski definition) is 12. The number of unbranched alkanes of at least 4 members (excludes halogenated alkanes) is 1. The number of aliphatic hydroxyl groups is 1. The number of cyclic esters (lactones) is 1. The monoisotopic (exact) mass is 802 g/mol. The molecule has 1 amide bonds. The lowest BCUT2D eigenvalue weighted by atomic mass is 9.73. The van der Waals surface area contributed by atoms with Gasteiger partial charge in [-0.15, -0.1) is 0 Å². The highest BCUT2D eigenvalue weighted by molar-refractivity contribution is 6.08. The molecule has 5 rings (SSSR count). The molecule has 4 heterocycles. The molecule has 1 aromatic heterocycles. The first-order valence-electron chi connectivity index (χ1n) is 20.5. The van der Waals surface area contributed by atoms with Gasteiger partial charge in [-0.1, -0.05) is 46.8 Å². The lowest BCUT2D eigenvalue weighted by Crippen LogP contribution is -2.62. The van der Waals surface area contributed by atoms with Crippen molar-refractivity contribution < 1.29 is 52.4 Å². The number of hydrogen-bond donors (Lipinski definition) is 2. The van der Waals surface area contributed by atoms with E-state index in [9.17, 15) is 24.3 Å². The number of carbonyl (C=O) groups excluding carboxylic acids is 4. The number of fused-ring (bicyclic) bond motifs is 2. The van der Waals surface area contributed by atoms with Crippen LogP contribution in [0.15, 0.2) is 30.6 Å². The van der Waals surface area contributed by atoms with Crippen LogP contribution in [0.4, 0.5) is 9.18 Å². The van der Waals surface area contributed by atoms with E-state index in [1.54, 1.807) is 40.9 Å². The second kappa shape index (κ2) is 17.8. The average Bonchev–Trinajstić information content (AvgIpc) is 3.71. The number of esters is 1. The smallest absolute Gasteiger partial charge is 0.410 e. The highest BCUT2D eigenvalue weighted by Gasteiger charge is 2.61. The zero-order valence-electron chi connectivity index (χ0n) is 35.2. The van der Waals surface area contributed by atoms with Crippen LogP contribution < -0.4 is 5.32 Å². The molecule has 1 unspecified atom stereocenters. The maximum absolute atomic E-state index is 16.9. The Labute approximate surface area is 335 Å². The van der Waals surface area contributed by atoms with Crippen LogP contribution >= 0.6 is 0 Å². The van der Waals surface area contributed by atoms with Gasteiger partial charge in [0.05, 0.1) is 41.2 Å². The number of aliphatic hydroxyl groups excluding tert-OH is 1. The van der Waals surface area contributed by atoms with Crippen molar-refractivity contribution in [3.8, 4) is 0 Å². The fourth-order valence-electron chi connectivity index (χ4n) is 9.44. The van der Waals surface area contributed by atoms with Gasteiger partial charge >= 0.3 is 12.1 Å². The summed E-state index contributed by atoms with van der Waals surface area (Å²) >= 11 is 0. The Kier molecular flexibility index (Phi) is 13.9. The van der Waals surface area contributed by atoms with E-state index in [4.69, 9.17) is 23.7 Å². The van der Waals surface area contributed by atoms with Crippen LogP contribution in [-0.2, 0) is 44.6 Å². The number of Topliss-reactive ketones (excluding diaryl/α,β-unsaturated/α-hetero) is 2. The van der Waals surface area contributed by atoms with Crippen LogP contribution in [0.25, 0.3) is 11.0 Å². The molecule has 0 bridgehead atoms. The van der Waals surface area contributed by atoms with Crippen LogP contribution in [0.3, 0.4) is 0 Å². The van der Waals surface area contributed by atoms with Gasteiger partial charge in [-0.2, -0.15) is 0 Å². The Bertz CT molecular complexity index is 1760. The number of benzene rings is 1. The van der Waals surface area contributed by atoms with Gasteiger partial charge in [0.15, 0.2) is 17.7 Å². The van der Waals surface area contributed by atoms with E-state index < -0.39 is 89.2 Å². The van der Waals surface area contributed by atoms with Crippen molar-refractivity contribution >= 4 is 34.7 Å². The average molecular weight is 803 g/mol. The number of rotatable bonds is 11. The Morgan fingerprint density at radius 2 is 1.70 bits per heavy atom. The molecule has 0 saturated carbocycles. The standard InChI is InChI=1S/C42H63FN4O10/c1-11-31-42(9)34(47(39(52)57-42)20-16-15-19-46-23-45-28-17-13-14-18-30(28)46)26(5)32(48)24(3)22-40(7,53-10)36(27(6)35(50)41(8,43)38(51)55-31)56-37-33(49)29(44-12-2)21-25(4)54-37/h13-14,17-18,23-27,29,31,33-34,36-37,44,49H,11-12,15-16,19-22H2,1-10H3/t24-,25-,26+,27-,29+,31-,33+,34?,36-,37+,40-,41+,42-/m1/s1. The van der Waals surface area contributed by atoms with Gasteiger partial charge in [-0.3, -0.25) is 9.59 Å². The molecule has 57 heavy (non-hydrogen) atoms. The summed E-state index contributed by atoms with van der Waals surface area (Å²) in [6.45, 7) is 15.9. The minimum Gasteiger partial charge on any atom is -0.455 e. The molecule has 0 aliphatic carbocycles. The van der Waals surface area contributed by atoms with E-state index in [1.807, 2.05) is 42.7 Å². The minimum atomic E-state index is -3.17. The normalized spacial score (nSPS) is 38.5. The van der Waals surface area contributed by atoms with Crippen molar-refractivity contribution in [1.82, 2.24) is 19.8 Å². The van der Waals surface area contributed by atoms with Crippen molar-refractivity contribution in [2.75, 3.05) is 20.2 Å². The van der Waals surface area contributed by atoms with Gasteiger partial charge in [0.1, 0.15) is 18.0 Å². The van der Waals surface area contributed by atoms with Gasteiger partial charge in [0, 0.05) is 44.0 Å². The van der Waals surface area contributed by atoms with Crippen molar-refractivity contribution in [2.24, 2.45) is 17.8 Å². The van der Waals surface area contributed by atoms with Crippen LogP contribution in [-0.4, -0.2) is 123 Å². The summed E-state index contributed by atoms with van der Waals surface area (Å²) in [5.74, 6) is -5.74. The SMILES string of the molecule is CCN[C@H]1C[C@@H](C)O[C@@H](O[C@@H]2[C@H](C)C(=O)[C@](C)(F)C(=O)O[C@H](CC)[C@@]3(C)OC(=O)N(CCCCn4cnc5ccccc54)C3[C@@H](C)C(=O)[C@H](C)C[C@@]2(C)OC)[C@H]1O. The third-order valence-electron chi connectivity index (χ3n) is 12.6. The molecule has 15 heteroatoms. The van der Waals surface area contributed by atoms with Gasteiger partial charge in [0.25, 0.3) is 5.67 Å². The third-order valence-corrected chi connectivity index (χ3v) is 12.6. The van der Waals surface area contributed by atoms with Crippen molar-refractivity contribution in [2.45, 2.75) is 161 Å². The number of alkyl halides is 1. The molecule has 14 nitrogen and oxygen atoms in total. The molecule has 3 aliphatic heterocycles. The number of nitrogens with zero attached hydrogens (tertiary/aromatic N) is 3. The summed E-state index contributed by atoms with van der Waals surface area (Å²) in [6, 6.07) is 6.51. The Balaban J connectivity index is 1.49. The number of methoxy groups -OCH3 is 1. The molecule has 0 spiro atoms. The van der Waals surface area contributed by atoms with Gasteiger partial charge in [0.2, 0.25) is 0 Å². The number of imidazole rings is 1. The summed E-state index contributed by atoms with van der Waals surface area (Å²) in [5.41, 5.74) is -4.31. The number of amides is 1. The molecule has 2 N–H and O–H groups in total. The summed E-state index contributed by atoms with van der Waals surface area (Å²) in [7, 11) is 1.41. The van der Waals surface area contributed by atoms with Crippen LogP contribution in [0.5, 0.6) is 0 Å². The van der Waals surface area contributed by atoms with Gasteiger partial charge < -0.3 is 43.6 Å². The highest BCUT2D eigenvalue weighted by atomic mass is 19.1. The summed E-state index contributed by atoms with van der Waals surface area (Å²) < 4.78 is 49.4. The zero-order valence-corrected chi connectivity index (χ0v) is 35.2. The maximum atomic E-state index is 16.9. The molecule has 318 valence electrons. The van der Waals surface area contributed by atoms with E-state index in [1.165, 1.54) is 18.9 Å². The van der Waals surface area contributed by atoms with Gasteiger partial charge in [-0.25, -0.2) is 19.0 Å². The van der Waals surface area contributed by atoms with Crippen molar-refractivity contribution in [3.63, 3.8) is 0 Å². The number of ether oxygens (including phenoxy) is 5. The largest absolute Gasteiger partial charge is 0.455 e. The van der Waals surface area contributed by atoms with E-state index >= 15 is 4.39 Å². The quantitative estimate of drug-likeness (QED) is 0.174. The number of nitrogens with one attached hydrogen (secondary N) is 1. The molecule has 1 aromatic carbocycles. The molecule has 3 fully saturated rings. The lowest BCUT2D eigenvalue weighted by molar-refractivity contribution is -0.290. The van der Waals surface area contributed by atoms with E-state index in [-0.39, 0.29) is 31.3 Å².